The van der Waals surface area contributed by atoms with Gasteiger partial charge < -0.3 is 4.74 Å². The minimum atomic E-state index is -0.657. The number of hydrogen-bond donors (Lipinski definition) is 0. The van der Waals surface area contributed by atoms with Crippen LogP contribution in [0.1, 0.15) is 56.3 Å². The van der Waals surface area contributed by atoms with E-state index in [0.29, 0.717) is 25.0 Å². The molecule has 2 heteroatoms. The van der Waals surface area contributed by atoms with Crippen molar-refractivity contribution in [3.63, 3.8) is 0 Å². The van der Waals surface area contributed by atoms with E-state index in [-0.39, 0.29) is 0 Å². The molecule has 37 heavy (non-hydrogen) atoms. The maximum atomic E-state index is 6.33. The zero-order valence-electron chi connectivity index (χ0n) is 22.0. The Hall–Kier alpha value is -2.81. The molecule has 2 aliphatic carbocycles. The van der Waals surface area contributed by atoms with Crippen LogP contribution in [-0.4, -0.2) is 0 Å². The van der Waals surface area contributed by atoms with Gasteiger partial charge in [0.05, 0.1) is 13.2 Å². The first-order valence-electron chi connectivity index (χ1n) is 13.2. The first kappa shape index (κ1) is 25.8. The third kappa shape index (κ3) is 6.03. The Morgan fingerprint density at radius 3 is 1.30 bits per heavy atom. The van der Waals surface area contributed by atoms with Crippen molar-refractivity contribution in [3.8, 4) is 0 Å². The quantitative estimate of drug-likeness (QED) is 0.189. The second kappa shape index (κ2) is 12.2. The Morgan fingerprint density at radius 1 is 0.514 bits per heavy atom. The van der Waals surface area contributed by atoms with E-state index in [1.165, 1.54) is 44.5 Å². The van der Waals surface area contributed by atoms with Crippen LogP contribution in [0.4, 0.5) is 0 Å². The summed E-state index contributed by atoms with van der Waals surface area (Å²) in [5.74, 6) is 0.599. The molecule has 0 fully saturated rings. The molecular weight excluding hydrogens is 615 g/mol. The van der Waals surface area contributed by atoms with Gasteiger partial charge in [0.1, 0.15) is 0 Å². The van der Waals surface area contributed by atoms with Crippen LogP contribution in [-0.2, 0) is 39.4 Å². The monoisotopic (exact) mass is 651 g/mol. The van der Waals surface area contributed by atoms with Crippen molar-refractivity contribution in [3.05, 3.63) is 154 Å². The first-order valence-corrected chi connectivity index (χ1v) is 23.9. The van der Waals surface area contributed by atoms with E-state index in [2.05, 4.69) is 135 Å². The number of rotatable bonds is 6. The van der Waals surface area contributed by atoms with Crippen LogP contribution >= 0.6 is 0 Å². The molecule has 0 saturated carbocycles. The van der Waals surface area contributed by atoms with E-state index in [1.807, 2.05) is 0 Å². The predicted molar refractivity (Wildman–Crippen MR) is 154 cm³/mol. The van der Waals surface area contributed by atoms with Crippen molar-refractivity contribution in [2.24, 2.45) is 0 Å². The van der Waals surface area contributed by atoms with Gasteiger partial charge in [0.15, 0.2) is 0 Å². The van der Waals surface area contributed by atoms with Gasteiger partial charge >= 0.3 is 35.5 Å². The Kier molecular flexibility index (Phi) is 8.48. The standard InChI is InChI=1S/C32H26O.3CH3.Hf/c1-5-13-27-23(9-1)17-19-31(27)29-15-7-3-11-25(29)21-33-22-26-12-4-8-16-30(26)32-20-18-24-10-2-6-14-28(24)32;;;;/h1-20,31-32H,21-22H2;3*1H3;. The van der Waals surface area contributed by atoms with Crippen LogP contribution in [0.5, 0.6) is 0 Å². The summed E-state index contributed by atoms with van der Waals surface area (Å²) >= 11 is -0.657. The van der Waals surface area contributed by atoms with Gasteiger partial charge in [-0.15, -0.1) is 0 Å². The fraction of sp³-hybridized carbons (Fsp3) is 0.200. The van der Waals surface area contributed by atoms with Gasteiger partial charge in [0.25, 0.3) is 0 Å². The zero-order chi connectivity index (χ0) is 25.6. The van der Waals surface area contributed by atoms with Gasteiger partial charge in [-0.05, 0) is 44.5 Å². The molecule has 2 aliphatic rings. The normalized spacial score (nSPS) is 16.6. The minimum absolute atomic E-state index is 0.299. The zero-order valence-corrected chi connectivity index (χ0v) is 25.6. The van der Waals surface area contributed by atoms with Crippen molar-refractivity contribution < 1.29 is 26.2 Å². The molecule has 0 radical (unpaired) electrons. The molecule has 0 N–H and O–H groups in total. The molecule has 6 rings (SSSR count). The van der Waals surface area contributed by atoms with Gasteiger partial charge in [-0.1, -0.05) is 121 Å². The van der Waals surface area contributed by atoms with Crippen molar-refractivity contribution in [2.75, 3.05) is 0 Å². The molecule has 0 aromatic heterocycles. The predicted octanol–water partition coefficient (Wildman–Crippen LogP) is 9.47. The Labute approximate surface area is 230 Å². The van der Waals surface area contributed by atoms with Crippen LogP contribution in [0.25, 0.3) is 12.2 Å². The maximum absolute atomic E-state index is 6.33. The molecule has 4 aromatic carbocycles. The molecule has 0 spiro atoms. The van der Waals surface area contributed by atoms with E-state index in [1.54, 1.807) is 0 Å². The second-order valence-electron chi connectivity index (χ2n) is 10.3. The van der Waals surface area contributed by atoms with E-state index >= 15 is 0 Å². The van der Waals surface area contributed by atoms with Crippen LogP contribution in [0.2, 0.25) is 14.0 Å². The van der Waals surface area contributed by atoms with Crippen LogP contribution in [0.3, 0.4) is 0 Å². The summed E-state index contributed by atoms with van der Waals surface area (Å²) in [5, 5.41) is 0. The summed E-state index contributed by atoms with van der Waals surface area (Å²) < 4.78 is 13.5. The summed E-state index contributed by atoms with van der Waals surface area (Å²) in [6, 6.07) is 34.7. The van der Waals surface area contributed by atoms with Gasteiger partial charge in [-0.2, -0.15) is 0 Å². The number of ether oxygens (including phenoxy) is 1. The molecule has 0 bridgehead atoms. The molecule has 1 nitrogen and oxygen atoms in total. The molecule has 2 atom stereocenters. The van der Waals surface area contributed by atoms with E-state index in [9.17, 15) is 0 Å². The van der Waals surface area contributed by atoms with E-state index in [4.69, 9.17) is 4.74 Å². The second-order valence-corrected chi connectivity index (χ2v) is 21.1. The molecule has 0 saturated heterocycles. The molecule has 0 amide bonds. The van der Waals surface area contributed by atoms with E-state index in [0.717, 1.165) is 0 Å². The fourth-order valence-electron chi connectivity index (χ4n) is 5.25. The van der Waals surface area contributed by atoms with Crippen LogP contribution in [0.15, 0.2) is 109 Å². The number of benzene rings is 4. The SMILES string of the molecule is C1=CC(c2ccccc2COCc2ccccc2C2C=Cc3ccccc32)c2ccccc21.[CH3][Hf]([CH3])[CH3]. The topological polar surface area (TPSA) is 9.23 Å². The van der Waals surface area contributed by atoms with E-state index < -0.39 is 21.4 Å². The Bertz CT molecular complexity index is 1310. The molecule has 0 aliphatic heterocycles. The van der Waals surface area contributed by atoms with Crippen molar-refractivity contribution >= 4 is 12.2 Å². The molecule has 2 unspecified atom stereocenters. The fourth-order valence-corrected chi connectivity index (χ4v) is 5.25. The van der Waals surface area contributed by atoms with Crippen LogP contribution < -0.4 is 0 Å². The first-order chi connectivity index (χ1) is 18.1. The van der Waals surface area contributed by atoms with Gasteiger partial charge in [-0.3, -0.25) is 0 Å². The number of allylic oxidation sites excluding steroid dienone is 2. The summed E-state index contributed by atoms with van der Waals surface area (Å²) in [5.41, 5.74) is 10.6. The summed E-state index contributed by atoms with van der Waals surface area (Å²) in [6.45, 7) is 1.21. The number of fused-ring (bicyclic) bond motifs is 2. The number of hydrogen-bond acceptors (Lipinski definition) is 1. The van der Waals surface area contributed by atoms with Crippen molar-refractivity contribution in [1.82, 2.24) is 0 Å². The average molecular weight is 650 g/mol. The summed E-state index contributed by atoms with van der Waals surface area (Å²) in [4.78, 5) is 0. The molecule has 4 aromatic rings. The van der Waals surface area contributed by atoms with Gasteiger partial charge in [0, 0.05) is 11.8 Å². The Morgan fingerprint density at radius 2 is 0.865 bits per heavy atom. The molecule has 0 heterocycles. The third-order valence-electron chi connectivity index (χ3n) is 6.89. The third-order valence-corrected chi connectivity index (χ3v) is 6.89. The van der Waals surface area contributed by atoms with Gasteiger partial charge in [-0.25, -0.2) is 0 Å². The Balaban J connectivity index is 0.000000655. The van der Waals surface area contributed by atoms with Crippen molar-refractivity contribution in [1.29, 1.82) is 0 Å². The summed E-state index contributed by atoms with van der Waals surface area (Å²) in [6.07, 6.45) is 9.09. The van der Waals surface area contributed by atoms with Crippen molar-refractivity contribution in [2.45, 2.75) is 39.1 Å². The summed E-state index contributed by atoms with van der Waals surface area (Å²) in [7, 11) is 0. The van der Waals surface area contributed by atoms with Gasteiger partial charge in [0.2, 0.25) is 0 Å². The molecule has 185 valence electrons. The van der Waals surface area contributed by atoms with Crippen LogP contribution in [0, 0.1) is 0 Å². The average Bonchev–Trinajstić information content (AvgIpc) is 3.54. The molecular formula is C35H35HfO.